The van der Waals surface area contributed by atoms with Gasteiger partial charge in [0, 0.05) is 18.5 Å². The normalized spacial score (nSPS) is 15.3. The lowest BCUT2D eigenvalue weighted by atomic mass is 10.2. The van der Waals surface area contributed by atoms with Crippen molar-refractivity contribution in [1.29, 1.82) is 0 Å². The number of hydrogen-bond donors (Lipinski definition) is 3. The number of hydrogen-bond acceptors (Lipinski definition) is 4. The summed E-state index contributed by atoms with van der Waals surface area (Å²) < 4.78 is 5.59. The molecule has 7 heteroatoms. The number of carbonyl (C=O) groups is 2. The minimum absolute atomic E-state index is 0.0523. The third kappa shape index (κ3) is 6.14. The van der Waals surface area contributed by atoms with E-state index in [-0.39, 0.29) is 29.4 Å². The van der Waals surface area contributed by atoms with Crippen LogP contribution in [0.5, 0.6) is 0 Å². The van der Waals surface area contributed by atoms with E-state index >= 15 is 0 Å². The summed E-state index contributed by atoms with van der Waals surface area (Å²) in [6.07, 6.45) is 4.11. The van der Waals surface area contributed by atoms with Gasteiger partial charge in [-0.15, -0.1) is 11.8 Å². The molecule has 0 unspecified atom stereocenters. The molecular formula is C21H28N3O3S+. The molecule has 0 saturated carbocycles. The van der Waals surface area contributed by atoms with Crippen molar-refractivity contribution in [3.05, 3.63) is 54.0 Å². The molecule has 150 valence electrons. The molecule has 1 aromatic carbocycles. The van der Waals surface area contributed by atoms with Crippen molar-refractivity contribution in [2.75, 3.05) is 36.5 Å². The van der Waals surface area contributed by atoms with Crippen LogP contribution in [0.1, 0.15) is 30.2 Å². The fraction of sp³-hybridized carbons (Fsp3) is 0.429. The van der Waals surface area contributed by atoms with E-state index < -0.39 is 0 Å². The van der Waals surface area contributed by atoms with Crippen LogP contribution in [0.25, 0.3) is 0 Å². The van der Waals surface area contributed by atoms with Gasteiger partial charge in [0.1, 0.15) is 0 Å². The maximum atomic E-state index is 12.2. The Morgan fingerprint density at radius 2 is 1.93 bits per heavy atom. The average Bonchev–Trinajstić information content (AvgIpc) is 3.36. The van der Waals surface area contributed by atoms with Crippen LogP contribution in [0.15, 0.2) is 47.1 Å². The molecule has 0 spiro atoms. The Balaban J connectivity index is 1.39. The Bertz CT molecular complexity index is 773. The molecule has 3 rings (SSSR count). The van der Waals surface area contributed by atoms with E-state index in [0.29, 0.717) is 6.54 Å². The predicted octanol–water partition coefficient (Wildman–Crippen LogP) is 1.80. The van der Waals surface area contributed by atoms with Gasteiger partial charge in [0.15, 0.2) is 11.8 Å². The zero-order valence-corrected chi connectivity index (χ0v) is 17.0. The van der Waals surface area contributed by atoms with Gasteiger partial charge in [0.2, 0.25) is 11.8 Å². The number of aryl methyl sites for hydroxylation is 1. The maximum absolute atomic E-state index is 12.2. The van der Waals surface area contributed by atoms with Crippen LogP contribution in [0.2, 0.25) is 0 Å². The molecule has 1 aliphatic heterocycles. The molecule has 1 saturated heterocycles. The average molecular weight is 403 g/mol. The van der Waals surface area contributed by atoms with E-state index in [1.807, 2.05) is 43.3 Å². The number of likely N-dealkylation sites (tertiary alicyclic amines) is 1. The number of quaternary nitrogens is 1. The third-order valence-electron chi connectivity index (χ3n) is 4.90. The molecule has 28 heavy (non-hydrogen) atoms. The first-order valence-electron chi connectivity index (χ1n) is 9.71. The van der Waals surface area contributed by atoms with Gasteiger partial charge < -0.3 is 20.0 Å². The summed E-state index contributed by atoms with van der Waals surface area (Å²) in [6, 6.07) is 11.7. The van der Waals surface area contributed by atoms with Crippen LogP contribution in [0, 0.1) is 6.92 Å². The number of nitrogens with one attached hydrogen (secondary N) is 3. The summed E-state index contributed by atoms with van der Waals surface area (Å²) in [6.45, 7) is 4.75. The summed E-state index contributed by atoms with van der Waals surface area (Å²) in [7, 11) is 0. The first kappa shape index (κ1) is 20.5. The van der Waals surface area contributed by atoms with Gasteiger partial charge in [-0.1, -0.05) is 12.1 Å². The molecule has 2 aromatic rings. The van der Waals surface area contributed by atoms with Gasteiger partial charge in [-0.25, -0.2) is 0 Å². The van der Waals surface area contributed by atoms with Crippen LogP contribution in [-0.2, 0) is 9.59 Å². The van der Waals surface area contributed by atoms with Gasteiger partial charge in [-0.3, -0.25) is 9.59 Å². The van der Waals surface area contributed by atoms with Crippen molar-refractivity contribution in [1.82, 2.24) is 5.32 Å². The Morgan fingerprint density at radius 3 is 2.64 bits per heavy atom. The highest BCUT2D eigenvalue weighted by Gasteiger charge is 2.29. The van der Waals surface area contributed by atoms with E-state index in [2.05, 4.69) is 10.6 Å². The van der Waals surface area contributed by atoms with Crippen molar-refractivity contribution < 1.29 is 18.9 Å². The minimum Gasteiger partial charge on any atom is -0.463 e. The van der Waals surface area contributed by atoms with Gasteiger partial charge in [0.05, 0.1) is 37.4 Å². The first-order valence-corrected chi connectivity index (χ1v) is 10.9. The van der Waals surface area contributed by atoms with E-state index in [9.17, 15) is 9.59 Å². The Hall–Kier alpha value is -2.25. The number of anilines is 1. The third-order valence-corrected chi connectivity index (χ3v) is 5.83. The second kappa shape index (κ2) is 10.3. The summed E-state index contributed by atoms with van der Waals surface area (Å²) in [5, 5.41) is 5.86. The molecule has 6 nitrogen and oxygen atoms in total. The monoisotopic (exact) mass is 402 g/mol. The molecule has 1 atom stereocenters. The lowest BCUT2D eigenvalue weighted by molar-refractivity contribution is -0.919. The lowest BCUT2D eigenvalue weighted by Gasteiger charge is -2.23. The molecular weight excluding hydrogens is 374 g/mol. The van der Waals surface area contributed by atoms with Gasteiger partial charge in [-0.05, 0) is 36.8 Å². The van der Waals surface area contributed by atoms with Crippen molar-refractivity contribution in [3.8, 4) is 0 Å². The molecule has 2 heterocycles. The second-order valence-corrected chi connectivity index (χ2v) is 8.13. The number of amides is 2. The molecule has 3 N–H and O–H groups in total. The first-order chi connectivity index (χ1) is 13.6. The molecule has 1 aromatic heterocycles. The van der Waals surface area contributed by atoms with Crippen molar-refractivity contribution in [2.45, 2.75) is 25.8 Å². The Labute approximate surface area is 170 Å². The second-order valence-electron chi connectivity index (χ2n) is 7.15. The van der Waals surface area contributed by atoms with Gasteiger partial charge in [-0.2, -0.15) is 0 Å². The van der Waals surface area contributed by atoms with Crippen LogP contribution in [-0.4, -0.2) is 43.0 Å². The lowest BCUT2D eigenvalue weighted by Crippen LogP contribution is -3.11. The van der Waals surface area contributed by atoms with E-state index in [4.69, 9.17) is 4.42 Å². The smallest absolute Gasteiger partial charge is 0.234 e. The highest BCUT2D eigenvalue weighted by atomic mass is 32.2. The van der Waals surface area contributed by atoms with Crippen LogP contribution in [0.4, 0.5) is 5.69 Å². The van der Waals surface area contributed by atoms with Crippen LogP contribution in [0.3, 0.4) is 0 Å². The zero-order valence-electron chi connectivity index (χ0n) is 16.2. The summed E-state index contributed by atoms with van der Waals surface area (Å²) in [4.78, 5) is 25.7. The number of thioether (sulfide) groups is 1. The van der Waals surface area contributed by atoms with Crippen molar-refractivity contribution >= 4 is 29.3 Å². The van der Waals surface area contributed by atoms with Gasteiger partial charge >= 0.3 is 0 Å². The van der Waals surface area contributed by atoms with E-state index in [0.717, 1.165) is 30.1 Å². The van der Waals surface area contributed by atoms with E-state index in [1.165, 1.54) is 29.5 Å². The summed E-state index contributed by atoms with van der Waals surface area (Å²) in [5.41, 5.74) is 1.88. The Kier molecular flexibility index (Phi) is 7.56. The standard InChI is InChI=1S/C21H27N3O3S/c1-16-6-4-7-17(12-16)23-21(26)15-28-14-20(25)22-13-18(19-8-5-11-27-19)24-9-2-3-10-24/h4-8,11-12,18H,2-3,9-10,13-15H2,1H3,(H,22,25)(H,23,26)/p+1/t18-/m1/s1. The van der Waals surface area contributed by atoms with Crippen LogP contribution >= 0.6 is 11.8 Å². The number of benzene rings is 1. The minimum atomic E-state index is -0.0987. The molecule has 0 bridgehead atoms. The summed E-state index contributed by atoms with van der Waals surface area (Å²) in [5.74, 6) is 1.28. The largest absolute Gasteiger partial charge is 0.463 e. The predicted molar refractivity (Wildman–Crippen MR) is 112 cm³/mol. The number of furan rings is 1. The molecule has 1 aliphatic rings. The maximum Gasteiger partial charge on any atom is 0.234 e. The highest BCUT2D eigenvalue weighted by molar-refractivity contribution is 8.00. The fourth-order valence-corrected chi connectivity index (χ4v) is 4.18. The van der Waals surface area contributed by atoms with Crippen LogP contribution < -0.4 is 15.5 Å². The summed E-state index contributed by atoms with van der Waals surface area (Å²) >= 11 is 1.32. The highest BCUT2D eigenvalue weighted by Crippen LogP contribution is 2.12. The zero-order chi connectivity index (χ0) is 19.8. The molecule has 2 amide bonds. The van der Waals surface area contributed by atoms with Gasteiger partial charge in [0.25, 0.3) is 0 Å². The fourth-order valence-electron chi connectivity index (χ4n) is 3.54. The van der Waals surface area contributed by atoms with E-state index in [1.54, 1.807) is 6.26 Å². The molecule has 0 aliphatic carbocycles. The SMILES string of the molecule is Cc1cccc(NC(=O)CSCC(=O)NC[C@H](c2ccco2)[NH+]2CCCC2)c1. The molecule has 1 fully saturated rings. The van der Waals surface area contributed by atoms with Crippen molar-refractivity contribution in [3.63, 3.8) is 0 Å². The number of carbonyl (C=O) groups excluding carboxylic acids is 2. The van der Waals surface area contributed by atoms with Crippen molar-refractivity contribution in [2.24, 2.45) is 0 Å². The topological polar surface area (TPSA) is 75.8 Å². The Morgan fingerprint density at radius 1 is 1.14 bits per heavy atom. The molecule has 0 radical (unpaired) electrons. The quantitative estimate of drug-likeness (QED) is 0.598. The number of rotatable bonds is 9.